The molecule has 1 aromatic carbocycles. The minimum absolute atomic E-state index is 0.157. The number of halogens is 2. The van der Waals surface area contributed by atoms with E-state index < -0.39 is 5.97 Å². The lowest BCUT2D eigenvalue weighted by molar-refractivity contribution is -0.146. The van der Waals surface area contributed by atoms with Gasteiger partial charge >= 0.3 is 11.9 Å². The van der Waals surface area contributed by atoms with Crippen LogP contribution < -0.4 is 5.32 Å². The first kappa shape index (κ1) is 20.3. The fraction of sp³-hybridized carbons (Fsp3) is 0.389. The van der Waals surface area contributed by atoms with Crippen molar-refractivity contribution < 1.29 is 19.1 Å². The molecular formula is C18H20Cl2N2O4. The topological polar surface area (TPSA) is 77.5 Å². The van der Waals surface area contributed by atoms with Crippen molar-refractivity contribution in [1.29, 1.82) is 0 Å². The molecule has 0 radical (unpaired) electrons. The zero-order chi connectivity index (χ0) is 19.3. The van der Waals surface area contributed by atoms with Crippen molar-refractivity contribution in [2.75, 3.05) is 25.1 Å². The highest BCUT2D eigenvalue weighted by atomic mass is 35.5. The van der Waals surface area contributed by atoms with Gasteiger partial charge in [0.05, 0.1) is 33.8 Å². The highest BCUT2D eigenvalue weighted by Gasteiger charge is 2.19. The molecule has 0 aliphatic rings. The Balaban J connectivity index is 2.33. The lowest BCUT2D eigenvalue weighted by Crippen LogP contribution is -2.19. The molecule has 6 nitrogen and oxygen atoms in total. The van der Waals surface area contributed by atoms with Crippen molar-refractivity contribution in [2.45, 2.75) is 20.8 Å². The van der Waals surface area contributed by atoms with Crippen LogP contribution in [0.15, 0.2) is 18.3 Å². The highest BCUT2D eigenvalue weighted by Crippen LogP contribution is 2.34. The summed E-state index contributed by atoms with van der Waals surface area (Å²) in [5.41, 5.74) is 1.24. The molecule has 1 heterocycles. The number of rotatable bonds is 7. The SMILES string of the molecule is CCOC(=O)c1cnc2c(Cl)c(Cl)ccc2c1NCCOC(=O)C(C)C. The number of anilines is 1. The normalized spacial score (nSPS) is 10.8. The van der Waals surface area contributed by atoms with E-state index in [1.54, 1.807) is 32.9 Å². The number of pyridine rings is 1. The molecule has 0 aliphatic carbocycles. The van der Waals surface area contributed by atoms with E-state index in [2.05, 4.69) is 10.3 Å². The average molecular weight is 399 g/mol. The van der Waals surface area contributed by atoms with Crippen LogP contribution in [0.2, 0.25) is 10.0 Å². The van der Waals surface area contributed by atoms with Crippen LogP contribution in [-0.2, 0) is 14.3 Å². The predicted molar refractivity (Wildman–Crippen MR) is 102 cm³/mol. The number of benzene rings is 1. The molecule has 0 fully saturated rings. The molecule has 1 aromatic heterocycles. The van der Waals surface area contributed by atoms with Gasteiger partial charge in [-0.15, -0.1) is 0 Å². The van der Waals surface area contributed by atoms with Crippen LogP contribution in [0.1, 0.15) is 31.1 Å². The summed E-state index contributed by atoms with van der Waals surface area (Å²) in [4.78, 5) is 28.0. The van der Waals surface area contributed by atoms with Crippen molar-refractivity contribution in [2.24, 2.45) is 5.92 Å². The Hall–Kier alpha value is -2.05. The zero-order valence-corrected chi connectivity index (χ0v) is 16.3. The Bertz CT molecular complexity index is 824. The van der Waals surface area contributed by atoms with Crippen LogP contribution in [0.4, 0.5) is 5.69 Å². The Morgan fingerprint density at radius 3 is 2.62 bits per heavy atom. The summed E-state index contributed by atoms with van der Waals surface area (Å²) in [5.74, 6) is -0.991. The van der Waals surface area contributed by atoms with Crippen LogP contribution in [0.5, 0.6) is 0 Å². The second-order valence-electron chi connectivity index (χ2n) is 5.77. The molecule has 140 valence electrons. The minimum Gasteiger partial charge on any atom is -0.464 e. The van der Waals surface area contributed by atoms with E-state index in [0.717, 1.165) is 0 Å². The number of nitrogens with zero attached hydrogens (tertiary/aromatic N) is 1. The smallest absolute Gasteiger partial charge is 0.341 e. The maximum atomic E-state index is 12.2. The van der Waals surface area contributed by atoms with Crippen LogP contribution in [0.25, 0.3) is 10.9 Å². The fourth-order valence-corrected chi connectivity index (χ4v) is 2.62. The summed E-state index contributed by atoms with van der Waals surface area (Å²) in [6.45, 7) is 5.95. The number of fused-ring (bicyclic) bond motifs is 1. The molecule has 0 unspecified atom stereocenters. The molecule has 0 saturated carbocycles. The highest BCUT2D eigenvalue weighted by molar-refractivity contribution is 6.45. The van der Waals surface area contributed by atoms with E-state index in [-0.39, 0.29) is 30.7 Å². The molecule has 0 atom stereocenters. The van der Waals surface area contributed by atoms with Crippen LogP contribution in [-0.4, -0.2) is 36.7 Å². The maximum absolute atomic E-state index is 12.2. The number of aromatic nitrogens is 1. The number of nitrogens with one attached hydrogen (secondary N) is 1. The van der Waals surface area contributed by atoms with Gasteiger partial charge < -0.3 is 14.8 Å². The molecule has 0 spiro atoms. The van der Waals surface area contributed by atoms with E-state index in [9.17, 15) is 9.59 Å². The van der Waals surface area contributed by atoms with Crippen LogP contribution in [0, 0.1) is 5.92 Å². The molecule has 8 heteroatoms. The van der Waals surface area contributed by atoms with Gasteiger partial charge in [-0.2, -0.15) is 0 Å². The summed E-state index contributed by atoms with van der Waals surface area (Å²) < 4.78 is 10.2. The van der Waals surface area contributed by atoms with Gasteiger partial charge in [-0.05, 0) is 19.1 Å². The summed E-state index contributed by atoms with van der Waals surface area (Å²) >= 11 is 12.3. The number of hydrogen-bond acceptors (Lipinski definition) is 6. The molecule has 2 aromatic rings. The maximum Gasteiger partial charge on any atom is 0.341 e. The molecule has 1 N–H and O–H groups in total. The average Bonchev–Trinajstić information content (AvgIpc) is 2.61. The quantitative estimate of drug-likeness (QED) is 0.552. The van der Waals surface area contributed by atoms with Crippen LogP contribution >= 0.6 is 23.2 Å². The van der Waals surface area contributed by atoms with E-state index in [1.807, 2.05) is 0 Å². The Morgan fingerprint density at radius 1 is 1.23 bits per heavy atom. The van der Waals surface area contributed by atoms with Crippen molar-refractivity contribution in [3.05, 3.63) is 33.9 Å². The minimum atomic E-state index is -0.505. The summed E-state index contributed by atoms with van der Waals surface area (Å²) in [6, 6.07) is 3.36. The van der Waals surface area contributed by atoms with E-state index >= 15 is 0 Å². The third-order valence-corrected chi connectivity index (χ3v) is 4.34. The third kappa shape index (κ3) is 4.56. The second kappa shape index (κ2) is 9.05. The number of carbonyl (C=O) groups excluding carboxylic acids is 2. The van der Waals surface area contributed by atoms with Gasteiger partial charge in [-0.3, -0.25) is 9.78 Å². The molecule has 2 rings (SSSR count). The molecule has 26 heavy (non-hydrogen) atoms. The largest absolute Gasteiger partial charge is 0.464 e. The predicted octanol–water partition coefficient (Wildman–Crippen LogP) is 4.33. The first-order valence-corrected chi connectivity index (χ1v) is 8.96. The zero-order valence-electron chi connectivity index (χ0n) is 14.8. The first-order valence-electron chi connectivity index (χ1n) is 8.21. The summed E-state index contributed by atoms with van der Waals surface area (Å²) in [5, 5.41) is 4.41. The van der Waals surface area contributed by atoms with Gasteiger partial charge in [0.25, 0.3) is 0 Å². The molecule has 0 saturated heterocycles. The molecule has 0 bridgehead atoms. The number of hydrogen-bond donors (Lipinski definition) is 1. The monoisotopic (exact) mass is 398 g/mol. The van der Waals surface area contributed by atoms with Gasteiger partial charge in [0, 0.05) is 18.1 Å². The van der Waals surface area contributed by atoms with E-state index in [0.29, 0.717) is 33.2 Å². The van der Waals surface area contributed by atoms with Crippen molar-refractivity contribution in [3.8, 4) is 0 Å². The Kier molecular flexibility index (Phi) is 7.06. The molecule has 0 amide bonds. The summed E-state index contributed by atoms with van der Waals surface area (Å²) in [7, 11) is 0. The van der Waals surface area contributed by atoms with Gasteiger partial charge in [-0.25, -0.2) is 4.79 Å². The second-order valence-corrected chi connectivity index (χ2v) is 6.56. The number of ether oxygens (including phenoxy) is 2. The Labute approximate surface area is 161 Å². The van der Waals surface area contributed by atoms with E-state index in [1.165, 1.54) is 6.20 Å². The van der Waals surface area contributed by atoms with Gasteiger partial charge in [0.2, 0.25) is 0 Å². The lowest BCUT2D eigenvalue weighted by Gasteiger charge is -2.15. The van der Waals surface area contributed by atoms with Crippen LogP contribution in [0.3, 0.4) is 0 Å². The van der Waals surface area contributed by atoms with E-state index in [4.69, 9.17) is 32.7 Å². The first-order chi connectivity index (χ1) is 12.4. The van der Waals surface area contributed by atoms with Crippen molar-refractivity contribution in [3.63, 3.8) is 0 Å². The number of esters is 2. The van der Waals surface area contributed by atoms with Crippen molar-refractivity contribution >= 4 is 51.7 Å². The van der Waals surface area contributed by atoms with Gasteiger partial charge in [0.15, 0.2) is 0 Å². The lowest BCUT2D eigenvalue weighted by atomic mass is 10.1. The van der Waals surface area contributed by atoms with Gasteiger partial charge in [0.1, 0.15) is 12.2 Å². The third-order valence-electron chi connectivity index (χ3n) is 3.55. The van der Waals surface area contributed by atoms with Gasteiger partial charge in [-0.1, -0.05) is 37.0 Å². The Morgan fingerprint density at radius 2 is 1.96 bits per heavy atom. The van der Waals surface area contributed by atoms with Crippen molar-refractivity contribution in [1.82, 2.24) is 4.98 Å². The number of carbonyl (C=O) groups is 2. The molecule has 0 aliphatic heterocycles. The fourth-order valence-electron chi connectivity index (χ4n) is 2.26. The molecular weight excluding hydrogens is 379 g/mol. The summed E-state index contributed by atoms with van der Waals surface area (Å²) in [6.07, 6.45) is 1.39. The standard InChI is InChI=1S/C18H20Cl2N2O4/c1-4-25-18(24)12-9-22-16-11(5-6-13(19)14(16)20)15(12)21-7-8-26-17(23)10(2)3/h5-6,9-10H,4,7-8H2,1-3H3,(H,21,22).